The predicted molar refractivity (Wildman–Crippen MR) is 123 cm³/mol. The molecule has 0 radical (unpaired) electrons. The van der Waals surface area contributed by atoms with Gasteiger partial charge in [-0.3, -0.25) is 19.2 Å². The average molecular weight is 437 g/mol. The van der Waals surface area contributed by atoms with Crippen LogP contribution in [0.1, 0.15) is 79.3 Å². The molecule has 6 heteroatoms. The minimum Gasteiger partial charge on any atom is -0.355 e. The lowest BCUT2D eigenvalue weighted by molar-refractivity contribution is -0.177. The normalized spacial score (nSPS) is 15.5. The standard InChI is InChI=1S/C26H32N2O4/c1-2-3-4-5-6-7-13-18-27-24(29)23-21-16-11-12-17-22(21)25(30)28(26(23)31)32-19-20-14-9-8-10-15-20/h8-12,14-17,23H,2-7,13,18-19H2,1H3,(H,27,29). The first-order valence-corrected chi connectivity index (χ1v) is 11.5. The molecule has 1 atom stereocenters. The number of hydrogen-bond donors (Lipinski definition) is 1. The van der Waals surface area contributed by atoms with Gasteiger partial charge in [0.25, 0.3) is 11.8 Å². The molecular weight excluding hydrogens is 404 g/mol. The van der Waals surface area contributed by atoms with E-state index in [1.165, 1.54) is 25.7 Å². The van der Waals surface area contributed by atoms with Crippen LogP contribution < -0.4 is 5.32 Å². The maximum atomic E-state index is 13.1. The lowest BCUT2D eigenvalue weighted by atomic mass is 9.88. The van der Waals surface area contributed by atoms with E-state index in [9.17, 15) is 14.4 Å². The largest absolute Gasteiger partial charge is 0.355 e. The van der Waals surface area contributed by atoms with Crippen molar-refractivity contribution in [2.75, 3.05) is 6.54 Å². The van der Waals surface area contributed by atoms with E-state index in [4.69, 9.17) is 4.84 Å². The SMILES string of the molecule is CCCCCCCCCNC(=O)C1C(=O)N(OCc2ccccc2)C(=O)c2ccccc21. The van der Waals surface area contributed by atoms with Crippen molar-refractivity contribution in [3.63, 3.8) is 0 Å². The quantitative estimate of drug-likeness (QED) is 0.296. The van der Waals surface area contributed by atoms with Crippen LogP contribution in [0.25, 0.3) is 0 Å². The smallest absolute Gasteiger partial charge is 0.285 e. The van der Waals surface area contributed by atoms with Crippen LogP contribution in [0.4, 0.5) is 0 Å². The fourth-order valence-electron chi connectivity index (χ4n) is 3.89. The molecule has 3 rings (SSSR count). The zero-order chi connectivity index (χ0) is 22.8. The van der Waals surface area contributed by atoms with Crippen molar-refractivity contribution in [2.45, 2.75) is 64.4 Å². The van der Waals surface area contributed by atoms with Gasteiger partial charge in [-0.1, -0.05) is 94.0 Å². The summed E-state index contributed by atoms with van der Waals surface area (Å²) in [5.74, 6) is -2.68. The van der Waals surface area contributed by atoms with Gasteiger partial charge in [0.2, 0.25) is 5.91 Å². The highest BCUT2D eigenvalue weighted by Crippen LogP contribution is 2.30. The van der Waals surface area contributed by atoms with Crippen LogP contribution in [-0.2, 0) is 21.0 Å². The molecule has 1 heterocycles. The number of carbonyl (C=O) groups excluding carboxylic acids is 3. The molecule has 2 aromatic rings. The number of nitrogens with one attached hydrogen (secondary N) is 1. The fraction of sp³-hybridized carbons (Fsp3) is 0.423. The molecule has 0 saturated heterocycles. The lowest BCUT2D eigenvalue weighted by Gasteiger charge is -2.30. The van der Waals surface area contributed by atoms with Crippen LogP contribution in [0, 0.1) is 0 Å². The molecule has 0 bridgehead atoms. The summed E-state index contributed by atoms with van der Waals surface area (Å²) in [6.45, 7) is 2.77. The van der Waals surface area contributed by atoms with Crippen LogP contribution in [-0.4, -0.2) is 29.3 Å². The van der Waals surface area contributed by atoms with E-state index in [1.54, 1.807) is 24.3 Å². The zero-order valence-corrected chi connectivity index (χ0v) is 18.7. The Hall–Kier alpha value is -2.99. The van der Waals surface area contributed by atoms with E-state index in [2.05, 4.69) is 12.2 Å². The van der Waals surface area contributed by atoms with Gasteiger partial charge < -0.3 is 5.32 Å². The van der Waals surface area contributed by atoms with Gasteiger partial charge in [0.1, 0.15) is 12.5 Å². The molecule has 1 aliphatic rings. The number of benzene rings is 2. The molecule has 0 aliphatic carbocycles. The third-order valence-corrected chi connectivity index (χ3v) is 5.68. The number of amides is 3. The number of carbonyl (C=O) groups is 3. The number of unbranched alkanes of at least 4 members (excludes halogenated alkanes) is 6. The highest BCUT2D eigenvalue weighted by atomic mass is 16.7. The first-order chi connectivity index (χ1) is 15.6. The molecule has 0 saturated carbocycles. The Bertz CT molecular complexity index is 913. The second-order valence-corrected chi connectivity index (χ2v) is 8.13. The van der Waals surface area contributed by atoms with Crippen molar-refractivity contribution >= 4 is 17.7 Å². The Kier molecular flexibility index (Phi) is 8.99. The molecule has 170 valence electrons. The second-order valence-electron chi connectivity index (χ2n) is 8.13. The van der Waals surface area contributed by atoms with Crippen molar-refractivity contribution in [3.05, 3.63) is 71.3 Å². The van der Waals surface area contributed by atoms with E-state index < -0.39 is 23.6 Å². The molecule has 1 unspecified atom stereocenters. The van der Waals surface area contributed by atoms with Crippen molar-refractivity contribution in [2.24, 2.45) is 0 Å². The van der Waals surface area contributed by atoms with Crippen molar-refractivity contribution in [3.8, 4) is 0 Å². The summed E-state index contributed by atoms with van der Waals surface area (Å²) in [6, 6.07) is 16.0. The number of rotatable bonds is 12. The molecule has 0 spiro atoms. The van der Waals surface area contributed by atoms with Crippen LogP contribution in [0.3, 0.4) is 0 Å². The van der Waals surface area contributed by atoms with Gasteiger partial charge in [-0.15, -0.1) is 5.06 Å². The van der Waals surface area contributed by atoms with E-state index in [-0.39, 0.29) is 6.61 Å². The van der Waals surface area contributed by atoms with Gasteiger partial charge in [-0.05, 0) is 23.6 Å². The van der Waals surface area contributed by atoms with E-state index in [0.717, 1.165) is 29.9 Å². The maximum absolute atomic E-state index is 13.1. The Morgan fingerprint density at radius 1 is 0.906 bits per heavy atom. The van der Waals surface area contributed by atoms with Crippen LogP contribution in [0.15, 0.2) is 54.6 Å². The Morgan fingerprint density at radius 2 is 1.56 bits per heavy atom. The number of hydrogen-bond acceptors (Lipinski definition) is 4. The summed E-state index contributed by atoms with van der Waals surface area (Å²) in [5, 5.41) is 3.63. The van der Waals surface area contributed by atoms with Gasteiger partial charge in [0.15, 0.2) is 0 Å². The van der Waals surface area contributed by atoms with Crippen molar-refractivity contribution in [1.29, 1.82) is 0 Å². The van der Waals surface area contributed by atoms with Gasteiger partial charge in [0.05, 0.1) is 0 Å². The fourth-order valence-corrected chi connectivity index (χ4v) is 3.89. The third-order valence-electron chi connectivity index (χ3n) is 5.68. The topological polar surface area (TPSA) is 75.7 Å². The highest BCUT2D eigenvalue weighted by Gasteiger charge is 2.43. The molecule has 1 aliphatic heterocycles. The molecule has 6 nitrogen and oxygen atoms in total. The Morgan fingerprint density at radius 3 is 2.31 bits per heavy atom. The van der Waals surface area contributed by atoms with Crippen LogP contribution in [0.5, 0.6) is 0 Å². The highest BCUT2D eigenvalue weighted by molar-refractivity contribution is 6.18. The molecular formula is C26H32N2O4. The summed E-state index contributed by atoms with van der Waals surface area (Å²) in [7, 11) is 0. The van der Waals surface area contributed by atoms with Gasteiger partial charge in [-0.25, -0.2) is 0 Å². The maximum Gasteiger partial charge on any atom is 0.285 e. The van der Waals surface area contributed by atoms with Gasteiger partial charge in [-0.2, -0.15) is 0 Å². The molecule has 0 fully saturated rings. The van der Waals surface area contributed by atoms with Crippen molar-refractivity contribution < 1.29 is 19.2 Å². The van der Waals surface area contributed by atoms with Gasteiger partial charge >= 0.3 is 0 Å². The number of fused-ring (bicyclic) bond motifs is 1. The summed E-state index contributed by atoms with van der Waals surface area (Å²) in [4.78, 5) is 44.5. The Labute approximate surface area is 189 Å². The minimum atomic E-state index is -1.09. The minimum absolute atomic E-state index is 0.0624. The molecule has 1 N–H and O–H groups in total. The lowest BCUT2D eigenvalue weighted by Crippen LogP contribution is -2.49. The number of imide groups is 1. The third kappa shape index (κ3) is 6.04. The molecule has 0 aromatic heterocycles. The molecule has 32 heavy (non-hydrogen) atoms. The first-order valence-electron chi connectivity index (χ1n) is 11.5. The summed E-state index contributed by atoms with van der Waals surface area (Å²) in [5.41, 5.74) is 1.57. The molecule has 2 aromatic carbocycles. The van der Waals surface area contributed by atoms with Crippen LogP contribution >= 0.6 is 0 Å². The summed E-state index contributed by atoms with van der Waals surface area (Å²) in [6.07, 6.45) is 8.02. The number of hydroxylamine groups is 2. The van der Waals surface area contributed by atoms with Gasteiger partial charge in [0, 0.05) is 12.1 Å². The van der Waals surface area contributed by atoms with Crippen molar-refractivity contribution in [1.82, 2.24) is 10.4 Å². The second kappa shape index (κ2) is 12.2. The summed E-state index contributed by atoms with van der Waals surface area (Å²) < 4.78 is 0. The van der Waals surface area contributed by atoms with E-state index in [1.807, 2.05) is 30.3 Å². The Balaban J connectivity index is 1.62. The average Bonchev–Trinajstić information content (AvgIpc) is 2.81. The first kappa shape index (κ1) is 23.7. The predicted octanol–water partition coefficient (Wildman–Crippen LogP) is 4.75. The molecule has 3 amide bonds. The number of nitrogens with zero attached hydrogens (tertiary/aromatic N) is 1. The monoisotopic (exact) mass is 436 g/mol. The van der Waals surface area contributed by atoms with E-state index >= 15 is 0 Å². The zero-order valence-electron chi connectivity index (χ0n) is 18.7. The van der Waals surface area contributed by atoms with E-state index in [0.29, 0.717) is 17.7 Å². The summed E-state index contributed by atoms with van der Waals surface area (Å²) >= 11 is 0. The van der Waals surface area contributed by atoms with Crippen LogP contribution in [0.2, 0.25) is 0 Å².